The van der Waals surface area contributed by atoms with Crippen molar-refractivity contribution < 1.29 is 17.5 Å². The van der Waals surface area contributed by atoms with Crippen molar-refractivity contribution in [3.8, 4) is 5.75 Å². The molecule has 0 radical (unpaired) electrons. The number of hydrogen-bond donors (Lipinski definition) is 2. The lowest BCUT2D eigenvalue weighted by Gasteiger charge is -2.23. The smallest absolute Gasteiger partial charge is 0.191 e. The largest absolute Gasteiger partial charge is 0.488 e. The first-order valence-corrected chi connectivity index (χ1v) is 11.7. The van der Waals surface area contributed by atoms with Crippen molar-refractivity contribution in [2.45, 2.75) is 45.2 Å². The molecule has 2 rings (SSSR count). The summed E-state index contributed by atoms with van der Waals surface area (Å²) >= 11 is 0. The minimum atomic E-state index is -3.23. The molecule has 2 aromatic carbocycles. The molecule has 0 fully saturated rings. The van der Waals surface area contributed by atoms with Crippen molar-refractivity contribution in [2.24, 2.45) is 4.99 Å². The Morgan fingerprint density at radius 2 is 1.65 bits per heavy atom. The first kappa shape index (κ1) is 27.2. The van der Waals surface area contributed by atoms with E-state index in [-0.39, 0.29) is 41.9 Å². The Balaban J connectivity index is 0.00000480. The molecule has 0 saturated carbocycles. The van der Waals surface area contributed by atoms with Crippen LogP contribution < -0.4 is 15.4 Å². The lowest BCUT2D eigenvalue weighted by atomic mass is 10.1. The van der Waals surface area contributed by atoms with E-state index in [0.717, 1.165) is 17.6 Å². The van der Waals surface area contributed by atoms with Crippen molar-refractivity contribution in [1.29, 1.82) is 0 Å². The third kappa shape index (κ3) is 9.86. The number of hydrogen-bond acceptors (Lipinski definition) is 4. The normalized spacial score (nSPS) is 12.1. The van der Waals surface area contributed by atoms with Gasteiger partial charge in [0.2, 0.25) is 0 Å². The summed E-state index contributed by atoms with van der Waals surface area (Å²) in [6.45, 7) is 6.69. The SMILES string of the molecule is CN=C(NCc1cc(F)ccc1CS(C)(=O)=O)NCc1ccccc1OC(C)(C)C.I. The monoisotopic (exact) mass is 563 g/mol. The van der Waals surface area contributed by atoms with Crippen molar-refractivity contribution in [3.05, 3.63) is 65.0 Å². The van der Waals surface area contributed by atoms with Crippen molar-refractivity contribution in [3.63, 3.8) is 0 Å². The fraction of sp³-hybridized carbons (Fsp3) is 0.409. The van der Waals surface area contributed by atoms with Crippen LogP contribution in [0.15, 0.2) is 47.5 Å². The summed E-state index contributed by atoms with van der Waals surface area (Å²) in [5.41, 5.74) is 1.79. The molecular weight excluding hydrogens is 532 g/mol. The van der Waals surface area contributed by atoms with E-state index >= 15 is 0 Å². The van der Waals surface area contributed by atoms with E-state index in [2.05, 4.69) is 15.6 Å². The molecule has 0 bridgehead atoms. The third-order valence-electron chi connectivity index (χ3n) is 4.09. The molecule has 0 spiro atoms. The van der Waals surface area contributed by atoms with E-state index in [1.54, 1.807) is 7.05 Å². The minimum Gasteiger partial charge on any atom is -0.488 e. The van der Waals surface area contributed by atoms with E-state index in [1.165, 1.54) is 18.2 Å². The number of guanidine groups is 1. The summed E-state index contributed by atoms with van der Waals surface area (Å²) in [7, 11) is -1.60. The van der Waals surface area contributed by atoms with Gasteiger partial charge in [0.1, 0.15) is 17.2 Å². The zero-order chi connectivity index (χ0) is 22.4. The van der Waals surface area contributed by atoms with Gasteiger partial charge in [0.15, 0.2) is 15.8 Å². The lowest BCUT2D eigenvalue weighted by molar-refractivity contribution is 0.129. The Labute approximate surface area is 201 Å². The van der Waals surface area contributed by atoms with Gasteiger partial charge in [-0.1, -0.05) is 24.3 Å². The van der Waals surface area contributed by atoms with Gasteiger partial charge in [-0.25, -0.2) is 12.8 Å². The van der Waals surface area contributed by atoms with Crippen LogP contribution in [0.3, 0.4) is 0 Å². The Morgan fingerprint density at radius 3 is 2.23 bits per heavy atom. The third-order valence-corrected chi connectivity index (χ3v) is 4.93. The lowest BCUT2D eigenvalue weighted by Crippen LogP contribution is -2.36. The van der Waals surface area contributed by atoms with Gasteiger partial charge in [-0.2, -0.15) is 0 Å². The Hall–Kier alpha value is -1.88. The Kier molecular flexibility index (Phi) is 10.2. The van der Waals surface area contributed by atoms with Crippen molar-refractivity contribution >= 4 is 39.8 Å². The molecule has 9 heteroatoms. The predicted molar refractivity (Wildman–Crippen MR) is 134 cm³/mol. The highest BCUT2D eigenvalue weighted by atomic mass is 127. The van der Waals surface area contributed by atoms with Gasteiger partial charge in [0.25, 0.3) is 0 Å². The van der Waals surface area contributed by atoms with Gasteiger partial charge in [0.05, 0.1) is 5.75 Å². The fourth-order valence-electron chi connectivity index (χ4n) is 2.84. The molecule has 0 heterocycles. The first-order chi connectivity index (χ1) is 14.0. The Morgan fingerprint density at radius 1 is 1.03 bits per heavy atom. The van der Waals surface area contributed by atoms with Gasteiger partial charge < -0.3 is 15.4 Å². The zero-order valence-corrected chi connectivity index (χ0v) is 21.7. The second kappa shape index (κ2) is 11.7. The summed E-state index contributed by atoms with van der Waals surface area (Å²) in [6.07, 6.45) is 1.16. The number of para-hydroxylation sites is 1. The number of aliphatic imine (C=N–C) groups is 1. The van der Waals surface area contributed by atoms with Crippen LogP contribution in [-0.4, -0.2) is 33.3 Å². The number of nitrogens with one attached hydrogen (secondary N) is 2. The number of benzene rings is 2. The molecule has 31 heavy (non-hydrogen) atoms. The molecule has 0 unspecified atom stereocenters. The number of sulfone groups is 1. The number of nitrogens with zero attached hydrogens (tertiary/aromatic N) is 1. The maximum Gasteiger partial charge on any atom is 0.191 e. The summed E-state index contributed by atoms with van der Waals surface area (Å²) < 4.78 is 43.0. The second-order valence-corrected chi connectivity index (χ2v) is 10.2. The molecule has 0 aliphatic heterocycles. The number of ether oxygens (including phenoxy) is 1. The van der Waals surface area contributed by atoms with Gasteiger partial charge in [-0.05, 0) is 50.1 Å². The molecule has 6 nitrogen and oxygen atoms in total. The van der Waals surface area contributed by atoms with Crippen LogP contribution in [0.4, 0.5) is 4.39 Å². The minimum absolute atomic E-state index is 0. The van der Waals surface area contributed by atoms with Crippen LogP contribution in [0.1, 0.15) is 37.5 Å². The molecule has 2 aromatic rings. The fourth-order valence-corrected chi connectivity index (χ4v) is 3.69. The molecule has 0 aliphatic rings. The van der Waals surface area contributed by atoms with Crippen molar-refractivity contribution in [1.82, 2.24) is 10.6 Å². The molecule has 0 aromatic heterocycles. The molecular formula is C22H31FIN3O3S. The van der Waals surface area contributed by atoms with Gasteiger partial charge in [0, 0.05) is 32.0 Å². The maximum absolute atomic E-state index is 13.7. The molecule has 2 N–H and O–H groups in total. The van der Waals surface area contributed by atoms with Crippen LogP contribution in [-0.2, 0) is 28.7 Å². The molecule has 0 saturated heterocycles. The summed E-state index contributed by atoms with van der Waals surface area (Å²) in [5.74, 6) is 0.734. The standard InChI is InChI=1S/C22H30FN3O3S.HI/c1-22(2,3)29-20-9-7-6-8-16(20)13-25-21(24-4)26-14-18-12-19(23)11-10-17(18)15-30(5,27)28;/h6-12H,13-15H2,1-5H3,(H2,24,25,26);1H. The molecule has 0 aliphatic carbocycles. The highest BCUT2D eigenvalue weighted by Gasteiger charge is 2.15. The quantitative estimate of drug-likeness (QED) is 0.302. The van der Waals surface area contributed by atoms with Gasteiger partial charge in [-0.15, -0.1) is 24.0 Å². The van der Waals surface area contributed by atoms with Crippen LogP contribution in [0.5, 0.6) is 5.75 Å². The van der Waals surface area contributed by atoms with Crippen LogP contribution in [0, 0.1) is 5.82 Å². The molecule has 0 amide bonds. The first-order valence-electron chi connectivity index (χ1n) is 9.63. The van der Waals surface area contributed by atoms with Crippen LogP contribution >= 0.6 is 24.0 Å². The second-order valence-electron chi connectivity index (χ2n) is 8.08. The number of rotatable bonds is 7. The maximum atomic E-state index is 13.7. The summed E-state index contributed by atoms with van der Waals surface area (Å²) in [6, 6.07) is 11.9. The van der Waals surface area contributed by atoms with E-state index in [4.69, 9.17) is 4.74 Å². The predicted octanol–water partition coefficient (Wildman–Crippen LogP) is 4.03. The molecule has 0 atom stereocenters. The summed E-state index contributed by atoms with van der Waals surface area (Å²) in [5, 5.41) is 6.32. The van der Waals surface area contributed by atoms with Crippen LogP contribution in [0.2, 0.25) is 0 Å². The summed E-state index contributed by atoms with van der Waals surface area (Å²) in [4.78, 5) is 4.19. The average Bonchev–Trinajstić information content (AvgIpc) is 2.62. The van der Waals surface area contributed by atoms with E-state index in [9.17, 15) is 12.8 Å². The van der Waals surface area contributed by atoms with E-state index in [1.807, 2.05) is 45.0 Å². The number of halogens is 2. The Bertz CT molecular complexity index is 1010. The van der Waals surface area contributed by atoms with Crippen LogP contribution in [0.25, 0.3) is 0 Å². The molecule has 172 valence electrons. The highest BCUT2D eigenvalue weighted by Crippen LogP contribution is 2.22. The zero-order valence-electron chi connectivity index (χ0n) is 18.5. The van der Waals surface area contributed by atoms with E-state index < -0.39 is 15.7 Å². The van der Waals surface area contributed by atoms with E-state index in [0.29, 0.717) is 23.6 Å². The average molecular weight is 563 g/mol. The van der Waals surface area contributed by atoms with Gasteiger partial charge >= 0.3 is 0 Å². The topological polar surface area (TPSA) is 79.8 Å². The highest BCUT2D eigenvalue weighted by molar-refractivity contribution is 14.0. The van der Waals surface area contributed by atoms with Crippen molar-refractivity contribution in [2.75, 3.05) is 13.3 Å². The van der Waals surface area contributed by atoms with Gasteiger partial charge in [-0.3, -0.25) is 4.99 Å².